The maximum absolute atomic E-state index is 12.5. The van der Waals surface area contributed by atoms with Crippen molar-refractivity contribution < 1.29 is 33.5 Å². The Hall–Kier alpha value is -3.93. The fourth-order valence-electron chi connectivity index (χ4n) is 2.69. The molecule has 0 atom stereocenters. The molecule has 1 aliphatic heterocycles. The molecule has 1 aromatic carbocycles. The van der Waals surface area contributed by atoms with E-state index in [-0.39, 0.29) is 34.6 Å². The lowest BCUT2D eigenvalue weighted by molar-refractivity contribution is -0.386. The van der Waals surface area contributed by atoms with Crippen molar-refractivity contribution in [3.05, 3.63) is 57.1 Å². The number of ether oxygens (including phenoxy) is 3. The van der Waals surface area contributed by atoms with Crippen molar-refractivity contribution in [2.24, 2.45) is 0 Å². The molecule has 1 saturated heterocycles. The molecule has 0 unspecified atom stereocenters. The van der Waals surface area contributed by atoms with E-state index in [2.05, 4.69) is 4.98 Å². The van der Waals surface area contributed by atoms with Crippen molar-refractivity contribution in [2.75, 3.05) is 20.3 Å². The molecule has 32 heavy (non-hydrogen) atoms. The number of esters is 1. The number of rotatable bonds is 8. The normalized spacial score (nSPS) is 14.6. The van der Waals surface area contributed by atoms with E-state index >= 15 is 0 Å². The third-order valence-electron chi connectivity index (χ3n) is 4.11. The number of nitrogens with zero attached hydrogens (tertiary/aromatic N) is 3. The highest BCUT2D eigenvalue weighted by Crippen LogP contribution is 2.37. The number of carbonyl (C=O) groups excluding carboxylic acids is 3. The first-order chi connectivity index (χ1) is 15.3. The number of carbonyl (C=O) groups is 3. The van der Waals surface area contributed by atoms with Crippen LogP contribution >= 0.6 is 11.8 Å². The molecular weight excluding hydrogens is 442 g/mol. The highest BCUT2D eigenvalue weighted by atomic mass is 32.2. The van der Waals surface area contributed by atoms with Crippen LogP contribution in [0.2, 0.25) is 0 Å². The van der Waals surface area contributed by atoms with Crippen molar-refractivity contribution in [1.29, 1.82) is 0 Å². The molecule has 2 aromatic rings. The van der Waals surface area contributed by atoms with Crippen molar-refractivity contribution in [1.82, 2.24) is 9.88 Å². The van der Waals surface area contributed by atoms with Gasteiger partial charge in [0, 0.05) is 12.3 Å². The SMILES string of the molecule is CCOC(=O)CN1C(=O)S/C(=C/c2ccc(Oc3ncccc3[N+](=O)[O-])c(OC)c2)C1=O. The summed E-state index contributed by atoms with van der Waals surface area (Å²) >= 11 is 0.696. The number of methoxy groups -OCH3 is 1. The molecule has 12 heteroatoms. The quantitative estimate of drug-likeness (QED) is 0.250. The highest BCUT2D eigenvalue weighted by molar-refractivity contribution is 8.18. The number of nitro groups is 1. The van der Waals surface area contributed by atoms with Crippen LogP contribution in [0.4, 0.5) is 10.5 Å². The molecule has 0 bridgehead atoms. The second-order valence-corrected chi connectivity index (χ2v) is 7.16. The van der Waals surface area contributed by atoms with Crippen LogP contribution in [0.5, 0.6) is 17.4 Å². The van der Waals surface area contributed by atoms with Crippen LogP contribution in [0.1, 0.15) is 12.5 Å². The minimum atomic E-state index is -0.678. The molecule has 0 radical (unpaired) electrons. The molecule has 166 valence electrons. The number of aromatic nitrogens is 1. The van der Waals surface area contributed by atoms with Gasteiger partial charge in [0.1, 0.15) is 6.54 Å². The van der Waals surface area contributed by atoms with Gasteiger partial charge in [-0.25, -0.2) is 4.98 Å². The van der Waals surface area contributed by atoms with Gasteiger partial charge >= 0.3 is 11.7 Å². The fraction of sp³-hybridized carbons (Fsp3) is 0.200. The standard InChI is InChI=1S/C20H17N3O8S/c1-3-30-17(24)11-22-19(25)16(32-20(22)26)10-12-6-7-14(15(9-12)29-2)31-18-13(23(27)28)5-4-8-21-18/h4-10H,3,11H2,1-2H3/b16-10+. The number of pyridine rings is 1. The topological polar surface area (TPSA) is 138 Å². The summed E-state index contributed by atoms with van der Waals surface area (Å²) in [5.74, 6) is -1.10. The van der Waals surface area contributed by atoms with Gasteiger partial charge in [0.25, 0.3) is 17.0 Å². The summed E-state index contributed by atoms with van der Waals surface area (Å²) in [5, 5.41) is 10.6. The average Bonchev–Trinajstić information content (AvgIpc) is 3.02. The van der Waals surface area contributed by atoms with Crippen LogP contribution in [-0.4, -0.2) is 52.2 Å². The van der Waals surface area contributed by atoms with E-state index in [1.54, 1.807) is 13.0 Å². The van der Waals surface area contributed by atoms with E-state index in [1.807, 2.05) is 0 Å². The van der Waals surface area contributed by atoms with Gasteiger partial charge in [0.05, 0.1) is 23.5 Å². The predicted molar refractivity (Wildman–Crippen MR) is 113 cm³/mol. The minimum absolute atomic E-state index is 0.121. The van der Waals surface area contributed by atoms with Crippen LogP contribution in [0.15, 0.2) is 41.4 Å². The van der Waals surface area contributed by atoms with Gasteiger partial charge in [-0.3, -0.25) is 29.4 Å². The molecule has 0 spiro atoms. The zero-order chi connectivity index (χ0) is 23.3. The maximum Gasteiger partial charge on any atom is 0.331 e. The van der Waals surface area contributed by atoms with Crippen molar-refractivity contribution in [3.63, 3.8) is 0 Å². The van der Waals surface area contributed by atoms with Crippen LogP contribution in [-0.2, 0) is 14.3 Å². The molecule has 1 aliphatic rings. The van der Waals surface area contributed by atoms with Gasteiger partial charge < -0.3 is 14.2 Å². The van der Waals surface area contributed by atoms with E-state index in [0.29, 0.717) is 17.3 Å². The third kappa shape index (κ3) is 5.03. The van der Waals surface area contributed by atoms with Gasteiger partial charge in [-0.15, -0.1) is 0 Å². The Morgan fingerprint density at radius 2 is 2.06 bits per heavy atom. The Bertz CT molecular complexity index is 1120. The molecule has 1 aromatic heterocycles. The lowest BCUT2D eigenvalue weighted by Crippen LogP contribution is -2.34. The van der Waals surface area contributed by atoms with E-state index in [1.165, 1.54) is 43.6 Å². The zero-order valence-electron chi connectivity index (χ0n) is 17.0. The Kier molecular flexibility index (Phi) is 7.05. The smallest absolute Gasteiger partial charge is 0.331 e. The largest absolute Gasteiger partial charge is 0.493 e. The lowest BCUT2D eigenvalue weighted by Gasteiger charge is -2.11. The average molecular weight is 459 g/mol. The Labute approximate surface area is 186 Å². The van der Waals surface area contributed by atoms with Gasteiger partial charge in [-0.05, 0) is 48.5 Å². The van der Waals surface area contributed by atoms with Crippen LogP contribution in [0.25, 0.3) is 6.08 Å². The second-order valence-electron chi connectivity index (χ2n) is 6.17. The summed E-state index contributed by atoms with van der Waals surface area (Å²) in [6.07, 6.45) is 2.82. The second kappa shape index (κ2) is 9.92. The van der Waals surface area contributed by atoms with E-state index in [4.69, 9.17) is 14.2 Å². The molecule has 1 fully saturated rings. The number of imide groups is 1. The van der Waals surface area contributed by atoms with E-state index in [9.17, 15) is 24.5 Å². The summed E-state index contributed by atoms with van der Waals surface area (Å²) in [6, 6.07) is 7.28. The summed E-state index contributed by atoms with van der Waals surface area (Å²) < 4.78 is 15.6. The zero-order valence-corrected chi connectivity index (χ0v) is 17.8. The first kappa shape index (κ1) is 22.7. The molecule has 2 heterocycles. The Balaban J connectivity index is 1.83. The fourth-order valence-corrected chi connectivity index (χ4v) is 3.52. The molecule has 0 N–H and O–H groups in total. The number of hydrogen-bond acceptors (Lipinski definition) is 10. The first-order valence-electron chi connectivity index (χ1n) is 9.20. The van der Waals surface area contributed by atoms with Crippen molar-refractivity contribution in [2.45, 2.75) is 6.92 Å². The Morgan fingerprint density at radius 3 is 2.75 bits per heavy atom. The highest BCUT2D eigenvalue weighted by Gasteiger charge is 2.36. The summed E-state index contributed by atoms with van der Waals surface area (Å²) in [4.78, 5) is 51.6. The van der Waals surface area contributed by atoms with Gasteiger partial charge in [-0.2, -0.15) is 0 Å². The van der Waals surface area contributed by atoms with Gasteiger partial charge in [0.15, 0.2) is 11.5 Å². The number of hydrogen-bond donors (Lipinski definition) is 0. The molecule has 3 rings (SSSR count). The van der Waals surface area contributed by atoms with E-state index in [0.717, 1.165) is 4.90 Å². The summed E-state index contributed by atoms with van der Waals surface area (Å²) in [6.45, 7) is 1.30. The minimum Gasteiger partial charge on any atom is -0.493 e. The number of benzene rings is 1. The van der Waals surface area contributed by atoms with Gasteiger partial charge in [-0.1, -0.05) is 6.07 Å². The molecule has 0 saturated carbocycles. The number of amides is 2. The van der Waals surface area contributed by atoms with Crippen LogP contribution in [0, 0.1) is 10.1 Å². The molecule has 2 amide bonds. The Morgan fingerprint density at radius 1 is 1.28 bits per heavy atom. The van der Waals surface area contributed by atoms with Gasteiger partial charge in [0.2, 0.25) is 0 Å². The van der Waals surface area contributed by atoms with Crippen LogP contribution < -0.4 is 9.47 Å². The maximum atomic E-state index is 12.5. The summed E-state index contributed by atoms with van der Waals surface area (Å²) in [5.41, 5.74) is 0.195. The predicted octanol–water partition coefficient (Wildman–Crippen LogP) is 3.39. The lowest BCUT2D eigenvalue weighted by atomic mass is 10.2. The molecular formula is C20H17N3O8S. The summed E-state index contributed by atoms with van der Waals surface area (Å²) in [7, 11) is 1.38. The monoisotopic (exact) mass is 459 g/mol. The first-order valence-corrected chi connectivity index (χ1v) is 10.0. The van der Waals surface area contributed by atoms with Crippen LogP contribution in [0.3, 0.4) is 0 Å². The van der Waals surface area contributed by atoms with Crippen molar-refractivity contribution in [3.8, 4) is 17.4 Å². The molecule has 0 aliphatic carbocycles. The van der Waals surface area contributed by atoms with E-state index < -0.39 is 28.6 Å². The molecule has 11 nitrogen and oxygen atoms in total. The number of thioether (sulfide) groups is 1. The van der Waals surface area contributed by atoms with Crippen molar-refractivity contribution >= 4 is 40.6 Å². The third-order valence-corrected chi connectivity index (χ3v) is 5.01.